The van der Waals surface area contributed by atoms with E-state index >= 15 is 0 Å². The van der Waals surface area contributed by atoms with Crippen LogP contribution in [0.25, 0.3) is 0 Å². The Bertz CT molecular complexity index is 10.9. The molecule has 0 heterocycles. The molecule has 0 spiro atoms. The predicted molar refractivity (Wildman–Crippen MR) is 3.60 cm³/mol. The molecule has 2 nitrogen and oxygen atoms in total. The first-order valence-electron chi connectivity index (χ1n) is 0. The zero-order chi connectivity index (χ0) is 0. The Balaban J connectivity index is 0. The van der Waals surface area contributed by atoms with Crippen LogP contribution in [0.15, 0.2) is 0 Å². The van der Waals surface area contributed by atoms with Crippen molar-refractivity contribution in [3.05, 3.63) is 0 Å². The Kier molecular flexibility index (Phi) is 951. The maximum absolute atomic E-state index is 0. The van der Waals surface area contributed by atoms with Gasteiger partial charge in [0.1, 0.15) is 0 Å². The van der Waals surface area contributed by atoms with Crippen molar-refractivity contribution in [2.75, 3.05) is 0 Å². The second kappa shape index (κ2) is 51.7. The summed E-state index contributed by atoms with van der Waals surface area (Å²) in [6.45, 7) is 0. The summed E-state index contributed by atoms with van der Waals surface area (Å²) in [6.07, 6.45) is 0. The van der Waals surface area contributed by atoms with Gasteiger partial charge in [0.15, 0.2) is 0 Å². The third kappa shape index (κ3) is 31.1. The van der Waals surface area contributed by atoms with E-state index in [0.29, 0.717) is 0 Å². The molecule has 5 heavy (non-hydrogen) atoms. The van der Waals surface area contributed by atoms with Crippen LogP contribution in [-0.4, -0.2) is 0 Å². The van der Waals surface area contributed by atoms with Gasteiger partial charge in [0.2, 0.25) is 0 Å². The maximum atomic E-state index is 0. The summed E-state index contributed by atoms with van der Waals surface area (Å²) in [4.78, 5) is 0. The Morgan fingerprint density at radius 1 is 0.600 bits per heavy atom. The van der Waals surface area contributed by atoms with Crippen molar-refractivity contribution >= 4 is 0 Å². The van der Waals surface area contributed by atoms with Crippen molar-refractivity contribution in [2.45, 2.75) is 0 Å². The summed E-state index contributed by atoms with van der Waals surface area (Å²) in [5, 5.41) is 0. The molecule has 0 aromatic heterocycles. The van der Waals surface area contributed by atoms with Gasteiger partial charge in [-0.2, -0.15) is 0 Å². The molecule has 0 aliphatic rings. The molecule has 0 aliphatic heterocycles. The molecular weight excluding hydrogens is 209 g/mol. The van der Waals surface area contributed by atoms with Gasteiger partial charge in [-0.05, 0) is 0 Å². The van der Waals surface area contributed by atoms with E-state index < -0.39 is 0 Å². The third-order valence-electron chi connectivity index (χ3n) is 0. The molecule has 0 N–H and O–H groups in total. The van der Waals surface area contributed by atoms with Gasteiger partial charge in [-0.1, -0.05) is 0 Å². The summed E-state index contributed by atoms with van der Waals surface area (Å²) in [5.74, 6) is 0. The fourth-order valence-corrected chi connectivity index (χ4v) is 0. The molecular formula is H2Co3O2. The van der Waals surface area contributed by atoms with E-state index in [0.717, 1.165) is 0 Å². The summed E-state index contributed by atoms with van der Waals surface area (Å²) in [7, 11) is 0. The van der Waals surface area contributed by atoms with Crippen LogP contribution in [0, 0.1) is 0 Å². The van der Waals surface area contributed by atoms with E-state index in [1.54, 1.807) is 0 Å². The minimum Gasteiger partial charge on any atom is -2.00 e. The summed E-state index contributed by atoms with van der Waals surface area (Å²) in [6, 6.07) is 0. The first-order valence-corrected chi connectivity index (χ1v) is 0. The molecule has 0 fully saturated rings. The first-order chi connectivity index (χ1) is 0. The SMILES string of the molecule is [Co+2].[Co+2].[Co+2].[H-].[H-].[O-2].[O-2]. The first kappa shape index (κ1) is 92.0. The largest absolute Gasteiger partial charge is 2.00 e. The molecule has 0 aliphatic carbocycles. The minimum absolute atomic E-state index is 0. The van der Waals surface area contributed by atoms with Gasteiger partial charge in [-0.25, -0.2) is 0 Å². The molecule has 0 aromatic rings. The van der Waals surface area contributed by atoms with Crippen LogP contribution in [0.3, 0.4) is 0 Å². The Morgan fingerprint density at radius 3 is 0.600 bits per heavy atom. The van der Waals surface area contributed by atoms with Crippen LogP contribution in [-0.2, 0) is 61.3 Å². The van der Waals surface area contributed by atoms with Crippen LogP contribution in [0.4, 0.5) is 0 Å². The number of hydrogen-bond donors (Lipinski definition) is 0. The maximum Gasteiger partial charge on any atom is 2.00 e. The van der Waals surface area contributed by atoms with E-state index in [1.807, 2.05) is 0 Å². The van der Waals surface area contributed by atoms with E-state index in [4.69, 9.17) is 0 Å². The topological polar surface area (TPSA) is 57.0 Å². The predicted octanol–water partition coefficient (Wildman–Crippen LogP) is -0.0201. The van der Waals surface area contributed by atoms with Gasteiger partial charge >= 0.3 is 50.3 Å². The molecule has 3 radical (unpaired) electrons. The van der Waals surface area contributed by atoms with Crippen LogP contribution in [0.1, 0.15) is 2.85 Å². The molecule has 0 unspecified atom stereocenters. The number of rotatable bonds is 0. The Hall–Kier alpha value is 1.44. The van der Waals surface area contributed by atoms with Crippen molar-refractivity contribution in [1.82, 2.24) is 0 Å². The second-order valence-electron chi connectivity index (χ2n) is 0. The smallest absolute Gasteiger partial charge is 2.00 e. The van der Waals surface area contributed by atoms with Gasteiger partial charge in [0.05, 0.1) is 0 Å². The van der Waals surface area contributed by atoms with E-state index in [1.165, 1.54) is 0 Å². The van der Waals surface area contributed by atoms with Crippen molar-refractivity contribution in [2.24, 2.45) is 0 Å². The Morgan fingerprint density at radius 2 is 0.600 bits per heavy atom. The van der Waals surface area contributed by atoms with Crippen LogP contribution < -0.4 is 0 Å². The standard InChI is InChI=1S/3Co.2O.2H/q3*+2;2*-2;2*-1. The van der Waals surface area contributed by atoms with Crippen molar-refractivity contribution in [1.29, 1.82) is 0 Å². The molecule has 0 amide bonds. The Labute approximate surface area is 64.3 Å². The van der Waals surface area contributed by atoms with E-state index in [-0.39, 0.29) is 64.1 Å². The fraction of sp³-hybridized carbons (Fsp3) is 0. The average Bonchev–Trinajstić information content (AvgIpc) is 0. The van der Waals surface area contributed by atoms with Gasteiger partial charge < -0.3 is 13.8 Å². The van der Waals surface area contributed by atoms with Crippen LogP contribution in [0.2, 0.25) is 0 Å². The monoisotopic (exact) mass is 211 g/mol. The molecule has 0 saturated carbocycles. The molecule has 41 valence electrons. The van der Waals surface area contributed by atoms with Gasteiger partial charge in [-0.3, -0.25) is 0 Å². The zero-order valence-electron chi connectivity index (χ0n) is 3.82. The third-order valence-corrected chi connectivity index (χ3v) is 0. The number of hydrogen-bond acceptors (Lipinski definition) is 0. The van der Waals surface area contributed by atoms with Crippen molar-refractivity contribution < 1.29 is 64.1 Å². The zero-order valence-corrected chi connectivity index (χ0v) is 4.94. The summed E-state index contributed by atoms with van der Waals surface area (Å²) in [5.41, 5.74) is 0. The van der Waals surface area contributed by atoms with Gasteiger partial charge in [0, 0.05) is 0 Å². The normalized spacial score (nSPS) is 0. The fourth-order valence-electron chi connectivity index (χ4n) is 0. The molecule has 0 saturated heterocycles. The van der Waals surface area contributed by atoms with E-state index in [2.05, 4.69) is 0 Å². The second-order valence-corrected chi connectivity index (χ2v) is 0. The minimum atomic E-state index is 0. The van der Waals surface area contributed by atoms with E-state index in [9.17, 15) is 0 Å². The van der Waals surface area contributed by atoms with Crippen LogP contribution >= 0.6 is 0 Å². The van der Waals surface area contributed by atoms with Crippen molar-refractivity contribution in [3.8, 4) is 0 Å². The molecule has 0 bridgehead atoms. The molecule has 0 rings (SSSR count). The summed E-state index contributed by atoms with van der Waals surface area (Å²) < 4.78 is 0. The van der Waals surface area contributed by atoms with Gasteiger partial charge in [0.25, 0.3) is 0 Å². The van der Waals surface area contributed by atoms with Crippen molar-refractivity contribution in [3.63, 3.8) is 0 Å². The quantitative estimate of drug-likeness (QED) is 0.540. The summed E-state index contributed by atoms with van der Waals surface area (Å²) >= 11 is 0. The van der Waals surface area contributed by atoms with Crippen LogP contribution in [0.5, 0.6) is 0 Å². The molecule has 0 atom stereocenters. The molecule has 0 aromatic carbocycles. The average molecular weight is 211 g/mol. The molecule has 5 heteroatoms. The van der Waals surface area contributed by atoms with Gasteiger partial charge in [-0.15, -0.1) is 0 Å².